The topological polar surface area (TPSA) is 74.3 Å². The highest BCUT2D eigenvalue weighted by molar-refractivity contribution is 6.36. The van der Waals surface area contributed by atoms with Crippen molar-refractivity contribution in [3.8, 4) is 6.01 Å². The van der Waals surface area contributed by atoms with Crippen LogP contribution in [-0.4, -0.2) is 97.4 Å². The van der Waals surface area contributed by atoms with Gasteiger partial charge in [0, 0.05) is 74.7 Å². The summed E-state index contributed by atoms with van der Waals surface area (Å²) in [5.74, 6) is -0.738. The van der Waals surface area contributed by atoms with E-state index < -0.39 is 11.7 Å². The fraction of sp³-hybridized carbons (Fsp3) is 0.500. The third-order valence-electron chi connectivity index (χ3n) is 9.51. The number of halogens is 2. The molecule has 0 radical (unpaired) electrons. The van der Waals surface area contributed by atoms with Gasteiger partial charge in [-0.2, -0.15) is 9.97 Å². The van der Waals surface area contributed by atoms with E-state index in [0.29, 0.717) is 51.4 Å². The molecule has 1 aromatic heterocycles. The van der Waals surface area contributed by atoms with Gasteiger partial charge in [0.05, 0.1) is 17.3 Å². The molecule has 4 heterocycles. The van der Waals surface area contributed by atoms with Gasteiger partial charge in [-0.05, 0) is 50.2 Å². The maximum Gasteiger partial charge on any atom is 0.318 e. The molecule has 0 spiro atoms. The van der Waals surface area contributed by atoms with Crippen molar-refractivity contribution in [3.05, 3.63) is 65.1 Å². The van der Waals surface area contributed by atoms with Gasteiger partial charge in [-0.15, -0.1) is 0 Å². The Hall–Kier alpha value is -3.47. The van der Waals surface area contributed by atoms with Crippen molar-refractivity contribution in [2.24, 2.45) is 0 Å². The molecule has 1 atom stereocenters. The SMILES string of the molecule is C=C(F)C(=O)N1CCN(c2nc(OCC(CC)N(C)C3CCOCC3)nc3c2CCN(c2cccc4cccc(Cl)c24)C3)CC1. The first-order chi connectivity index (χ1) is 21.8. The number of carbonyl (C=O) groups excluding carboxylic acids is 1. The number of rotatable bonds is 9. The van der Waals surface area contributed by atoms with Crippen molar-refractivity contribution in [2.75, 3.05) is 69.4 Å². The molecule has 0 N–H and O–H groups in total. The van der Waals surface area contributed by atoms with Crippen LogP contribution in [0.3, 0.4) is 0 Å². The number of amides is 1. The first-order valence-corrected chi connectivity index (χ1v) is 16.3. The molecule has 0 aliphatic carbocycles. The van der Waals surface area contributed by atoms with Crippen LogP contribution in [0.4, 0.5) is 15.9 Å². The number of ether oxygens (including phenoxy) is 2. The predicted molar refractivity (Wildman–Crippen MR) is 176 cm³/mol. The molecule has 3 aromatic rings. The largest absolute Gasteiger partial charge is 0.462 e. The highest BCUT2D eigenvalue weighted by Gasteiger charge is 2.31. The Morgan fingerprint density at radius 1 is 1.11 bits per heavy atom. The number of hydrogen-bond acceptors (Lipinski definition) is 8. The Morgan fingerprint density at radius 3 is 2.56 bits per heavy atom. The van der Waals surface area contributed by atoms with Crippen LogP contribution in [0.25, 0.3) is 10.8 Å². The zero-order valence-corrected chi connectivity index (χ0v) is 26.9. The van der Waals surface area contributed by atoms with Gasteiger partial charge in [-0.1, -0.05) is 49.4 Å². The molecule has 3 aliphatic rings. The smallest absolute Gasteiger partial charge is 0.318 e. The van der Waals surface area contributed by atoms with Gasteiger partial charge in [-0.25, -0.2) is 4.39 Å². The maximum atomic E-state index is 13.6. The van der Waals surface area contributed by atoms with E-state index in [0.717, 1.165) is 84.0 Å². The fourth-order valence-electron chi connectivity index (χ4n) is 6.84. The Bertz CT molecular complexity index is 1540. The van der Waals surface area contributed by atoms with E-state index >= 15 is 0 Å². The Labute approximate surface area is 269 Å². The minimum absolute atomic E-state index is 0.217. The van der Waals surface area contributed by atoms with E-state index in [1.165, 1.54) is 4.90 Å². The normalized spacial score (nSPS) is 18.3. The van der Waals surface area contributed by atoms with Gasteiger partial charge in [0.1, 0.15) is 12.4 Å². The van der Waals surface area contributed by atoms with Crippen LogP contribution in [0.1, 0.15) is 37.4 Å². The summed E-state index contributed by atoms with van der Waals surface area (Å²) in [6.45, 7) is 10.7. The monoisotopic (exact) mass is 636 g/mol. The summed E-state index contributed by atoms with van der Waals surface area (Å²) in [5, 5.41) is 2.86. The Balaban J connectivity index is 1.28. The molecule has 0 bridgehead atoms. The first kappa shape index (κ1) is 31.5. The van der Waals surface area contributed by atoms with Crippen molar-refractivity contribution < 1.29 is 18.7 Å². The van der Waals surface area contributed by atoms with Crippen LogP contribution >= 0.6 is 11.6 Å². The zero-order valence-electron chi connectivity index (χ0n) is 26.2. The lowest BCUT2D eigenvalue weighted by molar-refractivity contribution is -0.128. The van der Waals surface area contributed by atoms with Gasteiger partial charge in [0.25, 0.3) is 5.91 Å². The van der Waals surface area contributed by atoms with Crippen LogP contribution in [0.5, 0.6) is 6.01 Å². The van der Waals surface area contributed by atoms with E-state index in [-0.39, 0.29) is 6.04 Å². The van der Waals surface area contributed by atoms with Gasteiger partial charge in [0.15, 0.2) is 5.83 Å². The molecule has 240 valence electrons. The molecule has 6 rings (SSSR count). The van der Waals surface area contributed by atoms with Gasteiger partial charge in [0.2, 0.25) is 0 Å². The van der Waals surface area contributed by atoms with E-state index in [1.807, 2.05) is 12.1 Å². The highest BCUT2D eigenvalue weighted by atomic mass is 35.5. The minimum atomic E-state index is -0.927. The second kappa shape index (κ2) is 13.9. The number of benzene rings is 2. The van der Waals surface area contributed by atoms with Gasteiger partial charge >= 0.3 is 6.01 Å². The van der Waals surface area contributed by atoms with Gasteiger partial charge in [-0.3, -0.25) is 9.69 Å². The van der Waals surface area contributed by atoms with E-state index in [9.17, 15) is 9.18 Å². The average Bonchev–Trinajstić information content (AvgIpc) is 3.07. The lowest BCUT2D eigenvalue weighted by Crippen LogP contribution is -2.49. The molecule has 2 saturated heterocycles. The summed E-state index contributed by atoms with van der Waals surface area (Å²) >= 11 is 6.71. The van der Waals surface area contributed by atoms with Crippen LogP contribution in [0.2, 0.25) is 5.02 Å². The molecule has 9 nitrogen and oxygen atoms in total. The van der Waals surface area contributed by atoms with Crippen molar-refractivity contribution in [2.45, 2.75) is 51.2 Å². The molecule has 2 fully saturated rings. The summed E-state index contributed by atoms with van der Waals surface area (Å²) in [6, 6.07) is 13.3. The second-order valence-electron chi connectivity index (χ2n) is 12.1. The third kappa shape index (κ3) is 6.73. The summed E-state index contributed by atoms with van der Waals surface area (Å²) in [5.41, 5.74) is 3.09. The molecule has 11 heteroatoms. The highest BCUT2D eigenvalue weighted by Crippen LogP contribution is 2.37. The lowest BCUT2D eigenvalue weighted by atomic mass is 10.0. The first-order valence-electron chi connectivity index (χ1n) is 16.0. The van der Waals surface area contributed by atoms with E-state index in [4.69, 9.17) is 31.0 Å². The molecule has 3 aliphatic heterocycles. The van der Waals surface area contributed by atoms with Crippen molar-refractivity contribution in [3.63, 3.8) is 0 Å². The quantitative estimate of drug-likeness (QED) is 0.295. The van der Waals surface area contributed by atoms with Crippen LogP contribution in [-0.2, 0) is 22.5 Å². The Kier molecular flexibility index (Phi) is 9.72. The van der Waals surface area contributed by atoms with Crippen molar-refractivity contribution in [1.29, 1.82) is 0 Å². The van der Waals surface area contributed by atoms with Crippen LogP contribution in [0, 0.1) is 0 Å². The summed E-state index contributed by atoms with van der Waals surface area (Å²) in [7, 11) is 2.17. The zero-order chi connectivity index (χ0) is 31.5. The number of aromatic nitrogens is 2. The van der Waals surface area contributed by atoms with E-state index in [2.05, 4.69) is 59.5 Å². The molecular formula is C34H42ClFN6O3. The Morgan fingerprint density at radius 2 is 1.84 bits per heavy atom. The summed E-state index contributed by atoms with van der Waals surface area (Å²) in [4.78, 5) is 30.6. The van der Waals surface area contributed by atoms with Gasteiger partial charge < -0.3 is 24.2 Å². The van der Waals surface area contributed by atoms with Crippen LogP contribution < -0.4 is 14.5 Å². The van der Waals surface area contributed by atoms with Crippen molar-refractivity contribution >= 4 is 39.8 Å². The lowest BCUT2D eigenvalue weighted by Gasteiger charge is -2.38. The molecule has 1 amide bonds. The second-order valence-corrected chi connectivity index (χ2v) is 12.5. The number of nitrogens with zero attached hydrogens (tertiary/aromatic N) is 6. The number of carbonyl (C=O) groups is 1. The average molecular weight is 637 g/mol. The number of likely N-dealkylation sites (N-methyl/N-ethyl adjacent to an activating group) is 1. The van der Waals surface area contributed by atoms with E-state index in [1.54, 1.807) is 0 Å². The minimum Gasteiger partial charge on any atom is -0.462 e. The number of hydrogen-bond donors (Lipinski definition) is 0. The third-order valence-corrected chi connectivity index (χ3v) is 9.83. The molecule has 2 aromatic carbocycles. The standard InChI is InChI=1S/C34H42ClFN6O3/c1-4-25(39(3)26-12-19-44-20-13-26)22-45-34-37-29-21-42(30-10-6-8-24-7-5-9-28(35)31(24)30)14-11-27(29)32(38-34)40-15-17-41(18-16-40)33(43)23(2)36/h5-10,25-26H,2,4,11-22H2,1,3H3. The van der Waals surface area contributed by atoms with Crippen LogP contribution in [0.15, 0.2) is 48.8 Å². The summed E-state index contributed by atoms with van der Waals surface area (Å²) < 4.78 is 25.6. The molecule has 0 saturated carbocycles. The molecule has 45 heavy (non-hydrogen) atoms. The fourth-order valence-corrected chi connectivity index (χ4v) is 7.12. The predicted octanol–water partition coefficient (Wildman–Crippen LogP) is 5.25. The molecule has 1 unspecified atom stereocenters. The maximum absolute atomic E-state index is 13.6. The molecular weight excluding hydrogens is 595 g/mol. The van der Waals surface area contributed by atoms with Crippen molar-refractivity contribution in [1.82, 2.24) is 19.8 Å². The number of piperazine rings is 1. The number of anilines is 2. The summed E-state index contributed by atoms with van der Waals surface area (Å²) in [6.07, 6.45) is 3.73. The number of fused-ring (bicyclic) bond motifs is 2.